The second kappa shape index (κ2) is 5.94. The lowest BCUT2D eigenvalue weighted by Crippen LogP contribution is -2.44. The first-order valence-corrected chi connectivity index (χ1v) is 11.1. The number of halogens is 1. The van der Waals surface area contributed by atoms with Crippen molar-refractivity contribution in [3.8, 4) is 0 Å². The Kier molecular flexibility index (Phi) is 4.18. The Bertz CT molecular complexity index is 947. The molecule has 2 fully saturated rings. The zero-order valence-electron chi connectivity index (χ0n) is 15.6. The monoisotopic (exact) mass is 396 g/mol. The van der Waals surface area contributed by atoms with E-state index in [0.717, 1.165) is 12.8 Å². The van der Waals surface area contributed by atoms with Crippen LogP contribution in [0.1, 0.15) is 52.3 Å². The maximum atomic E-state index is 13.5. The third kappa shape index (κ3) is 2.77. The SMILES string of the molecule is CN1[C@@H]2CC[C@H]1C[C@@H](S(=O)(=O)c1c(Cl)ccc3nc(C(C)(C)C)oc13)C2. The van der Waals surface area contributed by atoms with Crippen LogP contribution in [-0.4, -0.2) is 42.7 Å². The van der Waals surface area contributed by atoms with Gasteiger partial charge in [-0.05, 0) is 44.9 Å². The van der Waals surface area contributed by atoms with Crippen LogP contribution in [0.4, 0.5) is 0 Å². The van der Waals surface area contributed by atoms with Gasteiger partial charge in [0.1, 0.15) is 10.4 Å². The number of fused-ring (bicyclic) bond motifs is 3. The molecule has 0 N–H and O–H groups in total. The van der Waals surface area contributed by atoms with E-state index in [0.29, 0.717) is 41.9 Å². The lowest BCUT2D eigenvalue weighted by Gasteiger charge is -2.35. The molecule has 142 valence electrons. The predicted octanol–water partition coefficient (Wildman–Crippen LogP) is 4.18. The Morgan fingerprint density at radius 2 is 1.81 bits per heavy atom. The average molecular weight is 397 g/mol. The smallest absolute Gasteiger partial charge is 0.200 e. The van der Waals surface area contributed by atoms with Crippen molar-refractivity contribution < 1.29 is 12.8 Å². The maximum absolute atomic E-state index is 13.5. The normalized spacial score (nSPS) is 27.3. The molecule has 3 heterocycles. The number of hydrogen-bond acceptors (Lipinski definition) is 5. The van der Waals surface area contributed by atoms with Crippen LogP contribution >= 0.6 is 11.6 Å². The molecule has 4 rings (SSSR count). The van der Waals surface area contributed by atoms with Gasteiger partial charge in [-0.3, -0.25) is 0 Å². The van der Waals surface area contributed by atoms with Gasteiger partial charge in [0, 0.05) is 17.5 Å². The minimum absolute atomic E-state index is 0.119. The Hall–Kier alpha value is -1.11. The summed E-state index contributed by atoms with van der Waals surface area (Å²) in [6, 6.07) is 4.03. The van der Waals surface area contributed by atoms with Crippen LogP contribution in [0.2, 0.25) is 5.02 Å². The summed E-state index contributed by atoms with van der Waals surface area (Å²) < 4.78 is 33.0. The van der Waals surface area contributed by atoms with Gasteiger partial charge >= 0.3 is 0 Å². The van der Waals surface area contributed by atoms with Crippen molar-refractivity contribution >= 4 is 32.5 Å². The molecule has 0 aliphatic carbocycles. The summed E-state index contributed by atoms with van der Waals surface area (Å²) in [5, 5.41) is -0.192. The van der Waals surface area contributed by atoms with Crippen LogP contribution in [0.15, 0.2) is 21.4 Å². The molecule has 2 aliphatic rings. The van der Waals surface area contributed by atoms with Gasteiger partial charge in [0.15, 0.2) is 15.4 Å². The van der Waals surface area contributed by atoms with Crippen LogP contribution in [0.5, 0.6) is 0 Å². The van der Waals surface area contributed by atoms with E-state index in [9.17, 15) is 8.42 Å². The Labute approximate surface area is 159 Å². The topological polar surface area (TPSA) is 63.4 Å². The van der Waals surface area contributed by atoms with Gasteiger partial charge < -0.3 is 9.32 Å². The number of piperidine rings is 1. The first kappa shape index (κ1) is 18.3. The third-order valence-corrected chi connectivity index (χ3v) is 8.55. The van der Waals surface area contributed by atoms with E-state index in [-0.39, 0.29) is 15.3 Å². The summed E-state index contributed by atoms with van der Waals surface area (Å²) in [6.07, 6.45) is 3.45. The van der Waals surface area contributed by atoms with E-state index in [2.05, 4.69) is 16.9 Å². The number of benzene rings is 1. The number of nitrogens with zero attached hydrogens (tertiary/aromatic N) is 2. The summed E-state index contributed by atoms with van der Waals surface area (Å²) in [5.74, 6) is 0.523. The zero-order valence-corrected chi connectivity index (χ0v) is 17.2. The van der Waals surface area contributed by atoms with Crippen LogP contribution in [-0.2, 0) is 15.3 Å². The van der Waals surface area contributed by atoms with E-state index in [1.807, 2.05) is 20.8 Å². The molecule has 1 aromatic heterocycles. The van der Waals surface area contributed by atoms with E-state index in [1.54, 1.807) is 12.1 Å². The zero-order chi connectivity index (χ0) is 18.9. The van der Waals surface area contributed by atoms with Gasteiger partial charge in [-0.1, -0.05) is 32.4 Å². The van der Waals surface area contributed by atoms with Gasteiger partial charge in [0.2, 0.25) is 5.89 Å². The minimum atomic E-state index is -3.59. The molecule has 0 unspecified atom stereocenters. The quantitative estimate of drug-likeness (QED) is 0.761. The van der Waals surface area contributed by atoms with E-state index in [1.165, 1.54) is 0 Å². The number of oxazole rings is 1. The number of sulfone groups is 1. The molecule has 2 aromatic rings. The van der Waals surface area contributed by atoms with E-state index < -0.39 is 15.1 Å². The lowest BCUT2D eigenvalue weighted by atomic mass is 9.97. The Morgan fingerprint density at radius 1 is 1.19 bits per heavy atom. The molecule has 5 nitrogen and oxygen atoms in total. The molecule has 0 radical (unpaired) electrons. The van der Waals surface area contributed by atoms with Crippen molar-refractivity contribution in [1.29, 1.82) is 0 Å². The minimum Gasteiger partial charge on any atom is -0.439 e. The third-order valence-electron chi connectivity index (χ3n) is 5.88. The molecule has 2 aliphatic heterocycles. The van der Waals surface area contributed by atoms with E-state index in [4.69, 9.17) is 16.0 Å². The van der Waals surface area contributed by atoms with Crippen molar-refractivity contribution in [3.63, 3.8) is 0 Å². The van der Waals surface area contributed by atoms with Gasteiger partial charge in [-0.15, -0.1) is 0 Å². The highest BCUT2D eigenvalue weighted by atomic mass is 35.5. The molecular formula is C19H25ClN2O3S. The maximum Gasteiger partial charge on any atom is 0.200 e. The van der Waals surface area contributed by atoms with Crippen molar-refractivity contribution in [2.24, 2.45) is 0 Å². The van der Waals surface area contributed by atoms with Crippen molar-refractivity contribution in [2.75, 3.05) is 7.05 Å². The van der Waals surface area contributed by atoms with Crippen molar-refractivity contribution in [3.05, 3.63) is 23.0 Å². The van der Waals surface area contributed by atoms with E-state index >= 15 is 0 Å². The van der Waals surface area contributed by atoms with Crippen molar-refractivity contribution in [1.82, 2.24) is 9.88 Å². The van der Waals surface area contributed by atoms with Gasteiger partial charge in [0.25, 0.3) is 0 Å². The molecule has 0 spiro atoms. The average Bonchev–Trinajstić information content (AvgIpc) is 3.03. The van der Waals surface area contributed by atoms with Crippen LogP contribution in [0.3, 0.4) is 0 Å². The summed E-state index contributed by atoms with van der Waals surface area (Å²) in [5.41, 5.74) is 0.543. The largest absolute Gasteiger partial charge is 0.439 e. The molecule has 2 bridgehead atoms. The summed E-state index contributed by atoms with van der Waals surface area (Å²) in [6.45, 7) is 5.96. The van der Waals surface area contributed by atoms with Crippen molar-refractivity contribution in [2.45, 2.75) is 74.1 Å². The molecule has 2 saturated heterocycles. The van der Waals surface area contributed by atoms with Crippen LogP contribution in [0.25, 0.3) is 11.1 Å². The lowest BCUT2D eigenvalue weighted by molar-refractivity contribution is 0.180. The number of hydrogen-bond donors (Lipinski definition) is 0. The summed E-state index contributed by atoms with van der Waals surface area (Å²) >= 11 is 6.37. The fourth-order valence-electron chi connectivity index (χ4n) is 4.31. The Morgan fingerprint density at radius 3 is 2.38 bits per heavy atom. The molecule has 1 aromatic carbocycles. The summed E-state index contributed by atoms with van der Waals surface area (Å²) in [7, 11) is -1.49. The standard InChI is InChI=1S/C19H25ClN2O3S/c1-19(2,3)18-21-15-8-7-14(20)17(16(15)25-18)26(23,24)13-9-11-5-6-12(10-13)22(11)4/h7-8,11-13H,5-6,9-10H2,1-4H3/t11-,12+,13+. The molecule has 3 atom stereocenters. The summed E-state index contributed by atoms with van der Waals surface area (Å²) in [4.78, 5) is 6.95. The fraction of sp³-hybridized carbons (Fsp3) is 0.632. The first-order chi connectivity index (χ1) is 12.1. The number of aromatic nitrogens is 1. The van der Waals surface area contributed by atoms with Gasteiger partial charge in [0.05, 0.1) is 10.3 Å². The second-order valence-corrected chi connectivity index (χ2v) is 11.3. The molecule has 26 heavy (non-hydrogen) atoms. The first-order valence-electron chi connectivity index (χ1n) is 9.14. The highest BCUT2D eigenvalue weighted by molar-refractivity contribution is 7.92. The van der Waals surface area contributed by atoms with Crippen LogP contribution < -0.4 is 0 Å². The fourth-order valence-corrected chi connectivity index (χ4v) is 6.81. The highest BCUT2D eigenvalue weighted by Crippen LogP contribution is 2.42. The number of rotatable bonds is 2. The molecular weight excluding hydrogens is 372 g/mol. The van der Waals surface area contributed by atoms with Gasteiger partial charge in [-0.2, -0.15) is 0 Å². The van der Waals surface area contributed by atoms with Gasteiger partial charge in [-0.25, -0.2) is 13.4 Å². The predicted molar refractivity (Wildman–Crippen MR) is 102 cm³/mol. The van der Waals surface area contributed by atoms with Crippen LogP contribution in [0, 0.1) is 0 Å². The highest BCUT2D eigenvalue weighted by Gasteiger charge is 2.45. The molecule has 0 amide bonds. The molecule has 7 heteroatoms. The molecule has 0 saturated carbocycles. The second-order valence-electron chi connectivity index (χ2n) is 8.68. The Balaban J connectivity index is 1.82.